The number of hydrogen-bond acceptors (Lipinski definition) is 8. The number of ether oxygens (including phenoxy) is 3. The van der Waals surface area contributed by atoms with Crippen molar-refractivity contribution < 1.29 is 34.3 Å². The summed E-state index contributed by atoms with van der Waals surface area (Å²) < 4.78 is 15.1. The van der Waals surface area contributed by atoms with Crippen LogP contribution in [0.3, 0.4) is 0 Å². The molecular formula is C12H17NO7. The van der Waals surface area contributed by atoms with Gasteiger partial charge in [0.25, 0.3) is 0 Å². The first-order chi connectivity index (χ1) is 9.47. The maximum absolute atomic E-state index is 10.7. The number of nitrogens with zero attached hydrogens (tertiary/aromatic N) is 1. The van der Waals surface area contributed by atoms with Crippen molar-refractivity contribution in [3.05, 3.63) is 12.2 Å². The maximum Gasteiger partial charge on any atom is 0.302 e. The topological polar surface area (TPSA) is 129 Å². The standard InChI is InChI=1S/C12H17NO7/c1-7(14)19-6-8-9(15)10(16)11(17)12(20-8)18-5-3-2-4-13/h2-3,8-12,15-17H,5-6H2,1H3/b3-2-/t8-,9-,10+,11-,12-/m1/s1. The molecule has 0 unspecified atom stereocenters. The second kappa shape index (κ2) is 7.94. The summed E-state index contributed by atoms with van der Waals surface area (Å²) in [6, 6.07) is 1.76. The first-order valence-corrected chi connectivity index (χ1v) is 5.96. The van der Waals surface area contributed by atoms with Crippen molar-refractivity contribution in [3.63, 3.8) is 0 Å². The number of hydrogen-bond donors (Lipinski definition) is 3. The normalized spacial score (nSPS) is 33.9. The van der Waals surface area contributed by atoms with Crippen LogP contribution in [0.25, 0.3) is 0 Å². The van der Waals surface area contributed by atoms with Gasteiger partial charge >= 0.3 is 5.97 Å². The second-order valence-electron chi connectivity index (χ2n) is 4.18. The van der Waals surface area contributed by atoms with Gasteiger partial charge in [-0.05, 0) is 6.08 Å². The van der Waals surface area contributed by atoms with Gasteiger partial charge in [0.15, 0.2) is 6.29 Å². The molecule has 1 heterocycles. The fraction of sp³-hybridized carbons (Fsp3) is 0.667. The van der Waals surface area contributed by atoms with Gasteiger partial charge in [-0.25, -0.2) is 0 Å². The minimum Gasteiger partial charge on any atom is -0.463 e. The Morgan fingerprint density at radius 1 is 1.35 bits per heavy atom. The van der Waals surface area contributed by atoms with Crippen LogP contribution in [0.4, 0.5) is 0 Å². The van der Waals surface area contributed by atoms with E-state index in [0.29, 0.717) is 0 Å². The molecule has 1 saturated heterocycles. The second-order valence-corrected chi connectivity index (χ2v) is 4.18. The molecule has 0 aromatic carbocycles. The molecule has 1 rings (SSSR count). The zero-order valence-corrected chi connectivity index (χ0v) is 10.9. The minimum atomic E-state index is -1.49. The third-order valence-electron chi connectivity index (χ3n) is 2.67. The van der Waals surface area contributed by atoms with E-state index in [4.69, 9.17) is 19.5 Å². The van der Waals surface area contributed by atoms with Crippen molar-refractivity contribution in [1.82, 2.24) is 0 Å². The molecule has 20 heavy (non-hydrogen) atoms. The average Bonchev–Trinajstić information content (AvgIpc) is 2.41. The third kappa shape index (κ3) is 4.56. The van der Waals surface area contributed by atoms with Crippen LogP contribution in [0.1, 0.15) is 6.92 Å². The molecule has 0 bridgehead atoms. The lowest BCUT2D eigenvalue weighted by Crippen LogP contribution is -2.59. The van der Waals surface area contributed by atoms with Gasteiger partial charge in [0, 0.05) is 13.0 Å². The molecule has 8 nitrogen and oxygen atoms in total. The lowest BCUT2D eigenvalue weighted by Gasteiger charge is -2.39. The van der Waals surface area contributed by atoms with Crippen LogP contribution >= 0.6 is 0 Å². The number of rotatable bonds is 5. The summed E-state index contributed by atoms with van der Waals surface area (Å²) in [5.41, 5.74) is 0. The summed E-state index contributed by atoms with van der Waals surface area (Å²) in [4.78, 5) is 10.7. The minimum absolute atomic E-state index is 0.0155. The summed E-state index contributed by atoms with van der Waals surface area (Å²) in [6.45, 7) is 0.910. The predicted octanol–water partition coefficient (Wildman–Crippen LogP) is -1.55. The molecule has 1 aliphatic rings. The molecule has 0 spiro atoms. The van der Waals surface area contributed by atoms with Crippen molar-refractivity contribution in [1.29, 1.82) is 5.26 Å². The highest BCUT2D eigenvalue weighted by Gasteiger charge is 2.44. The van der Waals surface area contributed by atoms with Crippen LogP contribution < -0.4 is 0 Å². The molecule has 0 aromatic heterocycles. The summed E-state index contributed by atoms with van der Waals surface area (Å²) in [6.07, 6.45) is -3.97. The van der Waals surface area contributed by atoms with Crippen molar-refractivity contribution in [2.75, 3.05) is 13.2 Å². The quantitative estimate of drug-likeness (QED) is 0.409. The van der Waals surface area contributed by atoms with E-state index in [2.05, 4.69) is 0 Å². The van der Waals surface area contributed by atoms with Crippen molar-refractivity contribution in [2.45, 2.75) is 37.6 Å². The number of carbonyl (C=O) groups is 1. The van der Waals surface area contributed by atoms with Crippen LogP contribution in [0, 0.1) is 11.3 Å². The van der Waals surface area contributed by atoms with E-state index >= 15 is 0 Å². The Kier molecular flexibility index (Phi) is 6.57. The monoisotopic (exact) mass is 287 g/mol. The van der Waals surface area contributed by atoms with Crippen molar-refractivity contribution >= 4 is 5.97 Å². The van der Waals surface area contributed by atoms with Crippen molar-refractivity contribution in [2.24, 2.45) is 0 Å². The number of aliphatic hydroxyl groups excluding tert-OH is 3. The van der Waals surface area contributed by atoms with Gasteiger partial charge in [-0.1, -0.05) is 0 Å². The number of allylic oxidation sites excluding steroid dienone is 1. The first kappa shape index (κ1) is 16.6. The van der Waals surface area contributed by atoms with E-state index in [-0.39, 0.29) is 13.2 Å². The molecule has 0 aromatic rings. The van der Waals surface area contributed by atoms with E-state index in [1.54, 1.807) is 6.07 Å². The highest BCUT2D eigenvalue weighted by Crippen LogP contribution is 2.22. The number of carbonyl (C=O) groups excluding carboxylic acids is 1. The Labute approximate surface area is 115 Å². The highest BCUT2D eigenvalue weighted by molar-refractivity contribution is 5.65. The van der Waals surface area contributed by atoms with Gasteiger partial charge in [-0.2, -0.15) is 5.26 Å². The Morgan fingerprint density at radius 3 is 2.65 bits per heavy atom. The fourth-order valence-electron chi connectivity index (χ4n) is 1.64. The van der Waals surface area contributed by atoms with Gasteiger partial charge in [0.1, 0.15) is 31.0 Å². The van der Waals surface area contributed by atoms with E-state index < -0.39 is 36.7 Å². The number of nitriles is 1. The van der Waals surface area contributed by atoms with Crippen LogP contribution in [0.15, 0.2) is 12.2 Å². The Morgan fingerprint density at radius 2 is 2.05 bits per heavy atom. The molecule has 8 heteroatoms. The summed E-state index contributed by atoms with van der Waals surface area (Å²) in [7, 11) is 0. The van der Waals surface area contributed by atoms with Gasteiger partial charge in [-0.15, -0.1) is 0 Å². The zero-order valence-electron chi connectivity index (χ0n) is 10.9. The van der Waals surface area contributed by atoms with Crippen LogP contribution in [-0.4, -0.2) is 65.2 Å². The SMILES string of the molecule is CC(=O)OC[C@H]1O[C@@H](OC/C=C\C#N)[C@H](O)[C@@H](O)[C@@H]1O. The largest absolute Gasteiger partial charge is 0.463 e. The molecule has 3 N–H and O–H groups in total. The Hall–Kier alpha value is -1.50. The summed E-state index contributed by atoms with van der Waals surface area (Å²) in [5.74, 6) is -0.559. The fourth-order valence-corrected chi connectivity index (χ4v) is 1.64. The zero-order chi connectivity index (χ0) is 15.1. The number of esters is 1. The van der Waals surface area contributed by atoms with Crippen LogP contribution in [0.5, 0.6) is 0 Å². The van der Waals surface area contributed by atoms with E-state index in [0.717, 1.165) is 0 Å². The molecule has 0 amide bonds. The van der Waals surface area contributed by atoms with Gasteiger partial charge in [0.05, 0.1) is 12.7 Å². The van der Waals surface area contributed by atoms with E-state index in [1.807, 2.05) is 0 Å². The molecule has 5 atom stereocenters. The van der Waals surface area contributed by atoms with Crippen LogP contribution in [0.2, 0.25) is 0 Å². The van der Waals surface area contributed by atoms with Crippen molar-refractivity contribution in [3.8, 4) is 6.07 Å². The smallest absolute Gasteiger partial charge is 0.302 e. The van der Waals surface area contributed by atoms with Gasteiger partial charge in [-0.3, -0.25) is 4.79 Å². The molecule has 0 aliphatic carbocycles. The maximum atomic E-state index is 10.7. The molecule has 0 saturated carbocycles. The Bertz CT molecular complexity index is 392. The van der Waals surface area contributed by atoms with Gasteiger partial charge in [0.2, 0.25) is 0 Å². The summed E-state index contributed by atoms with van der Waals surface area (Å²) >= 11 is 0. The van der Waals surface area contributed by atoms with E-state index in [1.165, 1.54) is 19.1 Å². The summed E-state index contributed by atoms with van der Waals surface area (Å²) in [5, 5.41) is 37.4. The van der Waals surface area contributed by atoms with Crippen LogP contribution in [-0.2, 0) is 19.0 Å². The van der Waals surface area contributed by atoms with E-state index in [9.17, 15) is 20.1 Å². The lowest BCUT2D eigenvalue weighted by atomic mass is 9.99. The highest BCUT2D eigenvalue weighted by atomic mass is 16.7. The molecule has 112 valence electrons. The Balaban J connectivity index is 2.58. The van der Waals surface area contributed by atoms with Gasteiger partial charge < -0.3 is 29.5 Å². The molecule has 1 aliphatic heterocycles. The first-order valence-electron chi connectivity index (χ1n) is 5.96. The number of aliphatic hydroxyl groups is 3. The third-order valence-corrected chi connectivity index (χ3v) is 2.67. The predicted molar refractivity (Wildman–Crippen MR) is 64.0 cm³/mol. The molecular weight excluding hydrogens is 270 g/mol. The molecule has 0 radical (unpaired) electrons. The average molecular weight is 287 g/mol. The lowest BCUT2D eigenvalue weighted by molar-refractivity contribution is -0.299. The molecule has 1 fully saturated rings.